The van der Waals surface area contributed by atoms with Gasteiger partial charge in [0.2, 0.25) is 0 Å². The number of amides is 1. The van der Waals surface area contributed by atoms with Gasteiger partial charge >= 0.3 is 0 Å². The third-order valence-corrected chi connectivity index (χ3v) is 6.04. The number of carbonyl (C=O) groups excluding carboxylic acids is 1. The van der Waals surface area contributed by atoms with Crippen molar-refractivity contribution in [3.63, 3.8) is 0 Å². The predicted molar refractivity (Wildman–Crippen MR) is 105 cm³/mol. The molecule has 148 valence electrons. The van der Waals surface area contributed by atoms with Crippen LogP contribution in [0.5, 0.6) is 0 Å². The summed E-state index contributed by atoms with van der Waals surface area (Å²) >= 11 is 0. The number of hydrogen-bond donors (Lipinski definition) is 0. The van der Waals surface area contributed by atoms with Crippen LogP contribution in [0.4, 0.5) is 0 Å². The molecule has 0 N–H and O–H groups in total. The lowest BCUT2D eigenvalue weighted by atomic mass is 9.71. The molecule has 0 aromatic carbocycles. The molecule has 6 heteroatoms. The monoisotopic (exact) mass is 372 g/mol. The molecule has 0 saturated heterocycles. The molecule has 0 fully saturated rings. The van der Waals surface area contributed by atoms with Crippen LogP contribution in [-0.2, 0) is 25.9 Å². The summed E-state index contributed by atoms with van der Waals surface area (Å²) in [4.78, 5) is 14.8. The van der Waals surface area contributed by atoms with Gasteiger partial charge in [0, 0.05) is 43.4 Å². The molecule has 0 bridgehead atoms. The second-order valence-electron chi connectivity index (χ2n) is 8.87. The zero-order valence-corrected chi connectivity index (χ0v) is 17.7. The van der Waals surface area contributed by atoms with E-state index in [4.69, 9.17) is 4.52 Å². The van der Waals surface area contributed by atoms with Gasteiger partial charge in [-0.1, -0.05) is 25.9 Å². The number of nitrogens with zero attached hydrogens (tertiary/aromatic N) is 4. The van der Waals surface area contributed by atoms with E-state index in [0.717, 1.165) is 54.1 Å². The SMILES string of the molecule is CCn1nc(C)c(CN(C)C(=O)c2noc3c2C[C@@H](C(C)(C)C)CC3)c1C. The van der Waals surface area contributed by atoms with Crippen LogP contribution in [0.25, 0.3) is 0 Å². The third kappa shape index (κ3) is 3.66. The number of carbonyl (C=O) groups is 1. The minimum Gasteiger partial charge on any atom is -0.360 e. The van der Waals surface area contributed by atoms with E-state index in [1.54, 1.807) is 4.90 Å². The first-order chi connectivity index (χ1) is 12.6. The molecule has 0 unspecified atom stereocenters. The Bertz CT molecular complexity index is 841. The number of fused-ring (bicyclic) bond motifs is 1. The molecule has 2 heterocycles. The van der Waals surface area contributed by atoms with Gasteiger partial charge in [0.15, 0.2) is 5.69 Å². The largest absolute Gasteiger partial charge is 0.360 e. The van der Waals surface area contributed by atoms with E-state index in [9.17, 15) is 4.79 Å². The van der Waals surface area contributed by atoms with E-state index in [1.807, 2.05) is 18.7 Å². The molecule has 6 nitrogen and oxygen atoms in total. The maximum absolute atomic E-state index is 13.1. The Morgan fingerprint density at radius 3 is 2.63 bits per heavy atom. The lowest BCUT2D eigenvalue weighted by molar-refractivity contribution is 0.0772. The molecule has 1 amide bonds. The highest BCUT2D eigenvalue weighted by atomic mass is 16.5. The Balaban J connectivity index is 1.81. The predicted octanol–water partition coefficient (Wildman–Crippen LogP) is 3.93. The molecule has 0 saturated carbocycles. The first kappa shape index (κ1) is 19.6. The van der Waals surface area contributed by atoms with Crippen LogP contribution in [0.15, 0.2) is 4.52 Å². The molecule has 0 radical (unpaired) electrons. The van der Waals surface area contributed by atoms with Crippen molar-refractivity contribution >= 4 is 5.91 Å². The van der Waals surface area contributed by atoms with Gasteiger partial charge in [-0.25, -0.2) is 0 Å². The Hall–Kier alpha value is -2.11. The summed E-state index contributed by atoms with van der Waals surface area (Å²) in [6.07, 6.45) is 2.82. The molecule has 0 aliphatic heterocycles. The van der Waals surface area contributed by atoms with Crippen molar-refractivity contribution in [2.24, 2.45) is 11.3 Å². The molecule has 2 aromatic rings. The second kappa shape index (κ2) is 7.13. The van der Waals surface area contributed by atoms with Crippen LogP contribution in [-0.4, -0.2) is 32.8 Å². The summed E-state index contributed by atoms with van der Waals surface area (Å²) in [6.45, 7) is 14.3. The molecule has 2 aromatic heterocycles. The maximum Gasteiger partial charge on any atom is 0.276 e. The quantitative estimate of drug-likeness (QED) is 0.816. The van der Waals surface area contributed by atoms with Gasteiger partial charge in [-0.3, -0.25) is 9.48 Å². The normalized spacial score (nSPS) is 17.1. The van der Waals surface area contributed by atoms with Crippen LogP contribution in [0, 0.1) is 25.2 Å². The first-order valence-corrected chi connectivity index (χ1v) is 9.89. The second-order valence-corrected chi connectivity index (χ2v) is 8.87. The minimum absolute atomic E-state index is 0.0717. The lowest BCUT2D eigenvalue weighted by Gasteiger charge is -2.33. The summed E-state index contributed by atoms with van der Waals surface area (Å²) < 4.78 is 7.51. The van der Waals surface area contributed by atoms with E-state index in [2.05, 4.69) is 44.9 Å². The van der Waals surface area contributed by atoms with Gasteiger partial charge in [0.1, 0.15) is 5.76 Å². The van der Waals surface area contributed by atoms with E-state index < -0.39 is 0 Å². The fourth-order valence-corrected chi connectivity index (χ4v) is 4.07. The molecule has 1 atom stereocenters. The van der Waals surface area contributed by atoms with Crippen molar-refractivity contribution in [3.05, 3.63) is 34.0 Å². The van der Waals surface area contributed by atoms with Crippen LogP contribution in [0.1, 0.15) is 72.9 Å². The van der Waals surface area contributed by atoms with E-state index in [0.29, 0.717) is 18.2 Å². The van der Waals surface area contributed by atoms with Crippen molar-refractivity contribution in [1.29, 1.82) is 0 Å². The Kier molecular flexibility index (Phi) is 5.19. The zero-order chi connectivity index (χ0) is 19.9. The van der Waals surface area contributed by atoms with Crippen molar-refractivity contribution < 1.29 is 9.32 Å². The number of aryl methyl sites for hydroxylation is 3. The van der Waals surface area contributed by atoms with Gasteiger partial charge in [0.05, 0.1) is 5.69 Å². The lowest BCUT2D eigenvalue weighted by Crippen LogP contribution is -2.30. The number of hydrogen-bond acceptors (Lipinski definition) is 4. The van der Waals surface area contributed by atoms with E-state index >= 15 is 0 Å². The van der Waals surface area contributed by atoms with Gasteiger partial charge in [-0.05, 0) is 44.9 Å². The van der Waals surface area contributed by atoms with Gasteiger partial charge in [0.25, 0.3) is 5.91 Å². The first-order valence-electron chi connectivity index (χ1n) is 9.89. The summed E-state index contributed by atoms with van der Waals surface area (Å²) in [5, 5.41) is 8.71. The Labute approximate surface area is 161 Å². The average molecular weight is 373 g/mol. The van der Waals surface area contributed by atoms with Crippen molar-refractivity contribution in [3.8, 4) is 0 Å². The van der Waals surface area contributed by atoms with Crippen LogP contribution < -0.4 is 0 Å². The molecule has 1 aliphatic carbocycles. The Morgan fingerprint density at radius 1 is 1.33 bits per heavy atom. The molecule has 3 rings (SSSR count). The van der Waals surface area contributed by atoms with E-state index in [-0.39, 0.29) is 11.3 Å². The van der Waals surface area contributed by atoms with Crippen LogP contribution in [0.2, 0.25) is 0 Å². The summed E-state index contributed by atoms with van der Waals surface area (Å²) in [5.41, 5.74) is 4.91. The van der Waals surface area contributed by atoms with E-state index in [1.165, 1.54) is 0 Å². The number of aromatic nitrogens is 3. The molecule has 27 heavy (non-hydrogen) atoms. The maximum atomic E-state index is 13.1. The smallest absolute Gasteiger partial charge is 0.276 e. The average Bonchev–Trinajstić information content (AvgIpc) is 3.15. The van der Waals surface area contributed by atoms with Crippen molar-refractivity contribution in [1.82, 2.24) is 19.8 Å². The molecule has 1 aliphatic rings. The van der Waals surface area contributed by atoms with Gasteiger partial charge < -0.3 is 9.42 Å². The fraction of sp³-hybridized carbons (Fsp3) is 0.667. The Morgan fingerprint density at radius 2 is 2.04 bits per heavy atom. The summed E-state index contributed by atoms with van der Waals surface area (Å²) in [5.74, 6) is 1.35. The molecular formula is C21H32N4O2. The van der Waals surface area contributed by atoms with Crippen LogP contribution >= 0.6 is 0 Å². The van der Waals surface area contributed by atoms with Crippen molar-refractivity contribution in [2.75, 3.05) is 7.05 Å². The van der Waals surface area contributed by atoms with Gasteiger partial charge in [-0.15, -0.1) is 0 Å². The zero-order valence-electron chi connectivity index (χ0n) is 17.7. The van der Waals surface area contributed by atoms with Gasteiger partial charge in [-0.2, -0.15) is 5.10 Å². The highest BCUT2D eigenvalue weighted by Gasteiger charge is 2.35. The minimum atomic E-state index is -0.0717. The topological polar surface area (TPSA) is 64.2 Å². The fourth-order valence-electron chi connectivity index (χ4n) is 4.07. The molecule has 0 spiro atoms. The standard InChI is InChI=1S/C21H32N4O2/c1-8-25-14(3)17(13(2)22-25)12-24(7)20(26)19-16-11-15(21(4,5)6)9-10-18(16)27-23-19/h15H,8-12H2,1-7H3/t15-/m0/s1. The van der Waals surface area contributed by atoms with Crippen molar-refractivity contribution in [2.45, 2.75) is 73.9 Å². The van der Waals surface area contributed by atoms with Crippen LogP contribution in [0.3, 0.4) is 0 Å². The third-order valence-electron chi connectivity index (χ3n) is 6.04. The molecular weight excluding hydrogens is 340 g/mol. The summed E-state index contributed by atoms with van der Waals surface area (Å²) in [7, 11) is 1.83. The highest BCUT2D eigenvalue weighted by Crippen LogP contribution is 2.38. The number of rotatable bonds is 4. The summed E-state index contributed by atoms with van der Waals surface area (Å²) in [6, 6.07) is 0. The highest BCUT2D eigenvalue weighted by molar-refractivity contribution is 5.93.